The number of nitrogens with one attached hydrogen (secondary N) is 2. The fourth-order valence-corrected chi connectivity index (χ4v) is 5.95. The van der Waals surface area contributed by atoms with E-state index in [1.165, 1.54) is 11.3 Å². The number of aryl methyl sites for hydroxylation is 2. The van der Waals surface area contributed by atoms with Gasteiger partial charge in [-0.05, 0) is 68.5 Å². The van der Waals surface area contributed by atoms with Crippen LogP contribution in [0.2, 0.25) is 0 Å². The number of nitrogens with two attached hydrogens (primary N) is 1. The molecule has 2 amide bonds. The minimum atomic E-state index is -0.0489. The van der Waals surface area contributed by atoms with Crippen LogP contribution in [0.4, 0.5) is 10.5 Å². The molecule has 2 aromatic carbocycles. The maximum atomic E-state index is 12.0. The molecule has 11 heteroatoms. The molecule has 0 saturated carbocycles. The van der Waals surface area contributed by atoms with Crippen LogP contribution in [-0.2, 0) is 12.8 Å². The smallest absolute Gasteiger partial charge is 0.317 e. The van der Waals surface area contributed by atoms with E-state index in [1.54, 1.807) is 20.9 Å². The van der Waals surface area contributed by atoms with Gasteiger partial charge in [0.1, 0.15) is 17.4 Å². The SMILES string of the molecule is NCCCCc1cn(-c2ccc(-c3nc(-c4ccc5c(c4)CCCN5)cs3)c(OCCN3CCNC3=O)c2)nn1. The number of carbonyl (C=O) groups is 1. The Balaban J connectivity index is 1.26. The highest BCUT2D eigenvalue weighted by Crippen LogP contribution is 2.37. The zero-order valence-corrected chi connectivity index (χ0v) is 23.3. The number of hydrogen-bond donors (Lipinski definition) is 3. The van der Waals surface area contributed by atoms with Gasteiger partial charge >= 0.3 is 6.03 Å². The normalized spacial score (nSPS) is 14.6. The number of hydrogen-bond acceptors (Lipinski definition) is 8. The van der Waals surface area contributed by atoms with Crippen LogP contribution in [-0.4, -0.2) is 70.2 Å². The van der Waals surface area contributed by atoms with E-state index >= 15 is 0 Å². The molecule has 10 nitrogen and oxygen atoms in total. The molecule has 4 N–H and O–H groups in total. The Hall–Kier alpha value is -3.96. The summed E-state index contributed by atoms with van der Waals surface area (Å²) in [4.78, 5) is 18.8. The van der Waals surface area contributed by atoms with Gasteiger partial charge in [0.05, 0.1) is 35.4 Å². The summed E-state index contributed by atoms with van der Waals surface area (Å²) in [6.07, 6.45) is 6.98. The Morgan fingerprint density at radius 1 is 1.10 bits per heavy atom. The molecule has 2 aliphatic rings. The van der Waals surface area contributed by atoms with Crippen LogP contribution in [0.3, 0.4) is 0 Å². The molecule has 4 heterocycles. The highest BCUT2D eigenvalue weighted by Gasteiger charge is 2.20. The molecule has 0 aliphatic carbocycles. The van der Waals surface area contributed by atoms with Gasteiger partial charge in [0, 0.05) is 42.3 Å². The average Bonchev–Trinajstić information content (AvgIpc) is 3.75. The molecule has 4 aromatic rings. The summed E-state index contributed by atoms with van der Waals surface area (Å²) in [6.45, 7) is 3.95. The number of ether oxygens (including phenoxy) is 1. The van der Waals surface area contributed by atoms with Gasteiger partial charge in [-0.3, -0.25) is 0 Å². The molecule has 0 radical (unpaired) electrons. The molecule has 0 unspecified atom stereocenters. The van der Waals surface area contributed by atoms with Crippen molar-refractivity contribution in [2.75, 3.05) is 44.6 Å². The average molecular weight is 559 g/mol. The lowest BCUT2D eigenvalue weighted by atomic mass is 10.00. The van der Waals surface area contributed by atoms with Gasteiger partial charge < -0.3 is 26.0 Å². The maximum Gasteiger partial charge on any atom is 0.317 e. The van der Waals surface area contributed by atoms with Crippen molar-refractivity contribution in [2.24, 2.45) is 5.73 Å². The minimum absolute atomic E-state index is 0.0489. The summed E-state index contributed by atoms with van der Waals surface area (Å²) < 4.78 is 8.08. The minimum Gasteiger partial charge on any atom is -0.491 e. The number of nitrogens with zero attached hydrogens (tertiary/aromatic N) is 5. The van der Waals surface area contributed by atoms with Gasteiger partial charge in [0.15, 0.2) is 0 Å². The number of benzene rings is 2. The lowest BCUT2D eigenvalue weighted by Crippen LogP contribution is -2.31. The Labute approximate surface area is 237 Å². The Kier molecular flexibility index (Phi) is 7.92. The first-order chi connectivity index (χ1) is 19.7. The Morgan fingerprint density at radius 2 is 2.05 bits per heavy atom. The number of thiazole rings is 1. The number of fused-ring (bicyclic) bond motifs is 1. The van der Waals surface area contributed by atoms with Gasteiger partial charge in [-0.15, -0.1) is 16.4 Å². The monoisotopic (exact) mass is 558 g/mol. The molecule has 40 heavy (non-hydrogen) atoms. The summed E-state index contributed by atoms with van der Waals surface area (Å²) in [5.41, 5.74) is 13.0. The number of anilines is 1. The van der Waals surface area contributed by atoms with Crippen LogP contribution in [0, 0.1) is 0 Å². The van der Waals surface area contributed by atoms with Crippen molar-refractivity contribution in [3.8, 4) is 33.3 Å². The van der Waals surface area contributed by atoms with Crippen LogP contribution in [0.25, 0.3) is 27.5 Å². The number of amides is 2. The summed E-state index contributed by atoms with van der Waals surface area (Å²) in [6, 6.07) is 12.5. The Bertz CT molecular complexity index is 1480. The zero-order valence-electron chi connectivity index (χ0n) is 22.4. The van der Waals surface area contributed by atoms with Crippen LogP contribution in [0.1, 0.15) is 30.5 Å². The molecule has 2 aliphatic heterocycles. The summed E-state index contributed by atoms with van der Waals surface area (Å²) in [5.74, 6) is 0.702. The molecule has 6 rings (SSSR count). The van der Waals surface area contributed by atoms with Gasteiger partial charge in [-0.1, -0.05) is 11.3 Å². The first-order valence-corrected chi connectivity index (χ1v) is 14.8. The number of unbranched alkanes of at least 4 members (excludes halogenated alkanes) is 1. The van der Waals surface area contributed by atoms with Crippen molar-refractivity contribution < 1.29 is 9.53 Å². The van der Waals surface area contributed by atoms with Crippen molar-refractivity contribution >= 4 is 23.1 Å². The molecular weight excluding hydrogens is 524 g/mol. The van der Waals surface area contributed by atoms with Crippen molar-refractivity contribution in [2.45, 2.75) is 32.1 Å². The van der Waals surface area contributed by atoms with E-state index in [1.807, 2.05) is 24.4 Å². The zero-order chi connectivity index (χ0) is 27.3. The molecule has 0 spiro atoms. The third kappa shape index (κ3) is 5.80. The van der Waals surface area contributed by atoms with Crippen LogP contribution >= 0.6 is 11.3 Å². The van der Waals surface area contributed by atoms with Gasteiger partial charge in [0.2, 0.25) is 0 Å². The predicted molar refractivity (Wildman–Crippen MR) is 157 cm³/mol. The molecule has 0 atom stereocenters. The topological polar surface area (TPSA) is 123 Å². The molecule has 1 saturated heterocycles. The van der Waals surface area contributed by atoms with Gasteiger partial charge in [-0.2, -0.15) is 0 Å². The molecule has 2 aromatic heterocycles. The number of aromatic nitrogens is 4. The van der Waals surface area contributed by atoms with E-state index in [-0.39, 0.29) is 6.03 Å². The van der Waals surface area contributed by atoms with Crippen molar-refractivity contribution in [3.05, 3.63) is 59.2 Å². The van der Waals surface area contributed by atoms with Crippen LogP contribution in [0.15, 0.2) is 48.0 Å². The second-order valence-corrected chi connectivity index (χ2v) is 10.9. The predicted octanol–water partition coefficient (Wildman–Crippen LogP) is 4.10. The lowest BCUT2D eigenvalue weighted by Gasteiger charge is -2.18. The Morgan fingerprint density at radius 3 is 2.92 bits per heavy atom. The molecule has 208 valence electrons. The summed E-state index contributed by atoms with van der Waals surface area (Å²) >= 11 is 1.60. The second kappa shape index (κ2) is 12.1. The van der Waals surface area contributed by atoms with Crippen LogP contribution in [0.5, 0.6) is 5.75 Å². The highest BCUT2D eigenvalue weighted by atomic mass is 32.1. The maximum absolute atomic E-state index is 12.0. The van der Waals surface area contributed by atoms with E-state index < -0.39 is 0 Å². The summed E-state index contributed by atoms with van der Waals surface area (Å²) in [7, 11) is 0. The van der Waals surface area contributed by atoms with E-state index in [0.717, 1.165) is 71.9 Å². The van der Waals surface area contributed by atoms with Gasteiger partial charge in [-0.25, -0.2) is 14.5 Å². The van der Waals surface area contributed by atoms with Gasteiger partial charge in [0.25, 0.3) is 0 Å². The van der Waals surface area contributed by atoms with E-state index in [4.69, 9.17) is 15.5 Å². The highest BCUT2D eigenvalue weighted by molar-refractivity contribution is 7.13. The molecular formula is C29H34N8O2S. The largest absolute Gasteiger partial charge is 0.491 e. The fourth-order valence-electron chi connectivity index (χ4n) is 5.09. The lowest BCUT2D eigenvalue weighted by molar-refractivity contribution is 0.203. The van der Waals surface area contributed by atoms with Crippen LogP contribution < -0.4 is 21.1 Å². The standard InChI is InChI=1S/C29H34N8O2S/c30-10-2-1-5-22-18-37(35-34-22)23-7-8-24(27(17-23)39-15-14-36-13-12-32-29(36)38)28-33-26(19-40-28)21-6-9-25-20(16-21)4-3-11-31-25/h6-9,16-19,31H,1-5,10-15,30H2,(H,32,38). The second-order valence-electron chi connectivity index (χ2n) is 10.1. The van der Waals surface area contributed by atoms with E-state index in [0.29, 0.717) is 38.5 Å². The number of urea groups is 1. The summed E-state index contributed by atoms with van der Waals surface area (Å²) in [5, 5.41) is 18.0. The molecule has 0 bridgehead atoms. The first-order valence-electron chi connectivity index (χ1n) is 13.9. The molecule has 1 fully saturated rings. The third-order valence-corrected chi connectivity index (χ3v) is 8.17. The van der Waals surface area contributed by atoms with Crippen molar-refractivity contribution in [1.82, 2.24) is 30.2 Å². The number of rotatable bonds is 11. The first kappa shape index (κ1) is 26.3. The van der Waals surface area contributed by atoms with E-state index in [9.17, 15) is 4.79 Å². The fraction of sp³-hybridized carbons (Fsp3) is 0.379. The van der Waals surface area contributed by atoms with E-state index in [2.05, 4.69) is 44.5 Å². The quantitative estimate of drug-likeness (QED) is 0.237. The number of carbonyl (C=O) groups excluding carboxylic acids is 1. The van der Waals surface area contributed by atoms with Crippen molar-refractivity contribution in [3.63, 3.8) is 0 Å². The third-order valence-electron chi connectivity index (χ3n) is 7.30. The van der Waals surface area contributed by atoms with Crippen molar-refractivity contribution in [1.29, 1.82) is 0 Å².